The SMILES string of the molecule is C=CC(=O)N1CC2(CCN(c3nc(OCCN(C)C)nc4c(OCC)c(-c5c(O)cccc5F)c(C=C)cc34)CC2)C1. The minimum absolute atomic E-state index is 0.0245. The lowest BCUT2D eigenvalue weighted by atomic mass is 9.72. The van der Waals surface area contributed by atoms with Crippen LogP contribution in [0.3, 0.4) is 0 Å². The van der Waals surface area contributed by atoms with E-state index in [9.17, 15) is 9.90 Å². The maximum Gasteiger partial charge on any atom is 0.319 e. The summed E-state index contributed by atoms with van der Waals surface area (Å²) in [5, 5.41) is 11.5. The van der Waals surface area contributed by atoms with Gasteiger partial charge >= 0.3 is 6.01 Å². The fourth-order valence-corrected chi connectivity index (χ4v) is 5.87. The molecule has 10 heteroatoms. The van der Waals surface area contributed by atoms with Gasteiger partial charge in [-0.2, -0.15) is 9.97 Å². The number of rotatable bonds is 10. The minimum atomic E-state index is -0.582. The quantitative estimate of drug-likeness (QED) is 0.347. The van der Waals surface area contributed by atoms with Gasteiger partial charge < -0.3 is 29.3 Å². The molecule has 222 valence electrons. The van der Waals surface area contributed by atoms with Crippen LogP contribution in [0.5, 0.6) is 17.5 Å². The predicted molar refractivity (Wildman–Crippen MR) is 163 cm³/mol. The number of hydrogen-bond acceptors (Lipinski definition) is 8. The van der Waals surface area contributed by atoms with E-state index in [-0.39, 0.29) is 28.6 Å². The second-order valence-electron chi connectivity index (χ2n) is 11.2. The minimum Gasteiger partial charge on any atom is -0.507 e. The van der Waals surface area contributed by atoms with E-state index in [1.807, 2.05) is 36.9 Å². The van der Waals surface area contributed by atoms with Gasteiger partial charge in [-0.3, -0.25) is 4.79 Å². The third-order valence-electron chi connectivity index (χ3n) is 8.12. The fraction of sp³-hybridized carbons (Fsp3) is 0.406. The number of aromatic nitrogens is 2. The number of halogens is 1. The number of anilines is 1. The van der Waals surface area contributed by atoms with Gasteiger partial charge in [0, 0.05) is 49.1 Å². The third-order valence-corrected chi connectivity index (χ3v) is 8.12. The number of phenolic OH excluding ortho intramolecular Hbond substituents is 1. The molecule has 42 heavy (non-hydrogen) atoms. The Morgan fingerprint density at radius 3 is 2.52 bits per heavy atom. The molecule has 3 heterocycles. The first kappa shape index (κ1) is 29.3. The van der Waals surface area contributed by atoms with Gasteiger partial charge in [-0.15, -0.1) is 0 Å². The summed E-state index contributed by atoms with van der Waals surface area (Å²) in [6.07, 6.45) is 4.81. The summed E-state index contributed by atoms with van der Waals surface area (Å²) in [7, 11) is 3.92. The van der Waals surface area contributed by atoms with E-state index in [4.69, 9.17) is 19.4 Å². The summed E-state index contributed by atoms with van der Waals surface area (Å²) in [4.78, 5) is 27.7. The molecule has 2 saturated heterocycles. The molecule has 1 N–H and O–H groups in total. The Morgan fingerprint density at radius 2 is 1.90 bits per heavy atom. The van der Waals surface area contributed by atoms with E-state index in [2.05, 4.69) is 18.1 Å². The summed E-state index contributed by atoms with van der Waals surface area (Å²) < 4.78 is 27.4. The Balaban J connectivity index is 1.61. The summed E-state index contributed by atoms with van der Waals surface area (Å²) >= 11 is 0. The molecule has 0 atom stereocenters. The first-order valence-electron chi connectivity index (χ1n) is 14.3. The van der Waals surface area contributed by atoms with Crippen molar-refractivity contribution in [2.75, 3.05) is 64.9 Å². The lowest BCUT2D eigenvalue weighted by Gasteiger charge is -2.54. The van der Waals surface area contributed by atoms with Gasteiger partial charge in [-0.1, -0.05) is 25.3 Å². The van der Waals surface area contributed by atoms with Gasteiger partial charge in [0.1, 0.15) is 29.5 Å². The summed E-state index contributed by atoms with van der Waals surface area (Å²) in [5.41, 5.74) is 1.55. The van der Waals surface area contributed by atoms with Crippen molar-refractivity contribution in [3.05, 3.63) is 54.9 Å². The normalized spacial score (nSPS) is 16.0. The van der Waals surface area contributed by atoms with Crippen LogP contribution in [0.15, 0.2) is 43.5 Å². The first-order valence-corrected chi connectivity index (χ1v) is 14.3. The van der Waals surface area contributed by atoms with Crippen molar-refractivity contribution < 1.29 is 23.8 Å². The van der Waals surface area contributed by atoms with Crippen molar-refractivity contribution in [1.82, 2.24) is 19.8 Å². The molecule has 1 aromatic heterocycles. The average Bonchev–Trinajstić information content (AvgIpc) is 2.95. The van der Waals surface area contributed by atoms with Crippen LogP contribution in [0.25, 0.3) is 28.1 Å². The highest BCUT2D eigenvalue weighted by Gasteiger charge is 2.46. The highest BCUT2D eigenvalue weighted by atomic mass is 19.1. The molecule has 2 aliphatic rings. The van der Waals surface area contributed by atoms with Crippen molar-refractivity contribution >= 4 is 28.7 Å². The largest absolute Gasteiger partial charge is 0.507 e. The van der Waals surface area contributed by atoms with E-state index in [0.717, 1.165) is 44.4 Å². The van der Waals surface area contributed by atoms with E-state index >= 15 is 4.39 Å². The molecule has 5 rings (SSSR count). The molecule has 0 unspecified atom stereocenters. The lowest BCUT2D eigenvalue weighted by molar-refractivity contribution is -0.139. The second kappa shape index (κ2) is 12.0. The Labute approximate surface area is 245 Å². The van der Waals surface area contributed by atoms with Crippen molar-refractivity contribution in [1.29, 1.82) is 0 Å². The molecule has 2 fully saturated rings. The molecule has 0 saturated carbocycles. The highest BCUT2D eigenvalue weighted by Crippen LogP contribution is 2.47. The van der Waals surface area contributed by atoms with Crippen LogP contribution in [0.1, 0.15) is 25.3 Å². The van der Waals surface area contributed by atoms with Gasteiger partial charge in [0.15, 0.2) is 5.75 Å². The zero-order chi connectivity index (χ0) is 30.0. The fourth-order valence-electron chi connectivity index (χ4n) is 5.87. The number of nitrogens with zero attached hydrogens (tertiary/aromatic N) is 5. The second-order valence-corrected chi connectivity index (χ2v) is 11.2. The Kier molecular flexibility index (Phi) is 8.36. The van der Waals surface area contributed by atoms with E-state index in [1.54, 1.807) is 6.08 Å². The first-order chi connectivity index (χ1) is 20.2. The number of likely N-dealkylation sites (tertiary alicyclic amines) is 1. The molecule has 0 radical (unpaired) electrons. The number of likely N-dealkylation sites (N-methyl/N-ethyl adjacent to an activating group) is 1. The smallest absolute Gasteiger partial charge is 0.319 e. The number of ether oxygens (including phenoxy) is 2. The van der Waals surface area contributed by atoms with Crippen molar-refractivity contribution in [3.63, 3.8) is 0 Å². The van der Waals surface area contributed by atoms with Crippen LogP contribution in [-0.2, 0) is 4.79 Å². The van der Waals surface area contributed by atoms with Crippen LogP contribution in [0.2, 0.25) is 0 Å². The standard InChI is InChI=1S/C32H38FN5O4/c1-6-21-18-22-28(29(41-8-3)26(21)27-23(33)10-9-11-24(27)39)34-31(42-17-16-36(4)5)35-30(22)37-14-12-32(13-15-37)19-38(20-32)25(40)7-2/h6-7,9-11,18,39H,1-2,8,12-17,19-20H2,3-5H3. The van der Waals surface area contributed by atoms with Gasteiger partial charge in [0.05, 0.1) is 12.2 Å². The Hall–Kier alpha value is -4.18. The number of carbonyl (C=O) groups is 1. The van der Waals surface area contributed by atoms with Crippen LogP contribution in [-0.4, -0.2) is 90.8 Å². The van der Waals surface area contributed by atoms with Crippen molar-refractivity contribution in [3.8, 4) is 28.6 Å². The van der Waals surface area contributed by atoms with Crippen LogP contribution >= 0.6 is 0 Å². The topological polar surface area (TPSA) is 91.3 Å². The van der Waals surface area contributed by atoms with Crippen molar-refractivity contribution in [2.45, 2.75) is 19.8 Å². The number of amides is 1. The summed E-state index contributed by atoms with van der Waals surface area (Å²) in [5.74, 6) is 0.210. The van der Waals surface area contributed by atoms with Crippen LogP contribution in [0.4, 0.5) is 10.2 Å². The molecular weight excluding hydrogens is 537 g/mol. The molecule has 3 aromatic rings. The number of fused-ring (bicyclic) bond motifs is 1. The van der Waals surface area contributed by atoms with Crippen LogP contribution < -0.4 is 14.4 Å². The van der Waals surface area contributed by atoms with Crippen molar-refractivity contribution in [2.24, 2.45) is 5.41 Å². The Morgan fingerprint density at radius 1 is 1.17 bits per heavy atom. The monoisotopic (exact) mass is 575 g/mol. The van der Waals surface area contributed by atoms with Gasteiger partial charge in [0.25, 0.3) is 0 Å². The zero-order valence-electron chi connectivity index (χ0n) is 24.5. The lowest BCUT2D eigenvalue weighted by Crippen LogP contribution is -2.61. The van der Waals surface area contributed by atoms with Gasteiger partial charge in [0.2, 0.25) is 5.91 Å². The highest BCUT2D eigenvalue weighted by molar-refractivity contribution is 6.02. The molecule has 1 spiro atoms. The number of carbonyl (C=O) groups excluding carboxylic acids is 1. The molecular formula is C32H38FN5O4. The molecule has 2 aromatic carbocycles. The molecule has 1 amide bonds. The molecule has 0 bridgehead atoms. The van der Waals surface area contributed by atoms with Gasteiger partial charge in [-0.05, 0) is 63.7 Å². The Bertz CT molecular complexity index is 1490. The number of piperidine rings is 1. The number of aromatic hydroxyl groups is 1. The third kappa shape index (κ3) is 5.51. The summed E-state index contributed by atoms with van der Waals surface area (Å²) in [6.45, 7) is 13.7. The van der Waals surface area contributed by atoms with E-state index in [1.165, 1.54) is 24.3 Å². The number of benzene rings is 2. The van der Waals surface area contributed by atoms with Crippen LogP contribution in [0, 0.1) is 11.2 Å². The molecule has 9 nitrogen and oxygen atoms in total. The average molecular weight is 576 g/mol. The molecule has 2 aliphatic heterocycles. The predicted octanol–water partition coefficient (Wildman–Crippen LogP) is 4.74. The zero-order valence-corrected chi connectivity index (χ0v) is 24.5. The number of hydrogen-bond donors (Lipinski definition) is 1. The number of phenols is 1. The maximum atomic E-state index is 15.2. The van der Waals surface area contributed by atoms with Gasteiger partial charge in [-0.25, -0.2) is 4.39 Å². The maximum absolute atomic E-state index is 15.2. The summed E-state index contributed by atoms with van der Waals surface area (Å²) in [6, 6.07) is 6.28. The molecule has 0 aliphatic carbocycles. The van der Waals surface area contributed by atoms with E-state index < -0.39 is 5.82 Å². The van der Waals surface area contributed by atoms with E-state index in [0.29, 0.717) is 48.0 Å².